The summed E-state index contributed by atoms with van der Waals surface area (Å²) in [5.41, 5.74) is 3.38. The van der Waals surface area contributed by atoms with Gasteiger partial charge in [-0.05, 0) is 37.1 Å². The zero-order valence-corrected chi connectivity index (χ0v) is 10.9. The number of aliphatic imine (C=N–C) groups is 1. The summed E-state index contributed by atoms with van der Waals surface area (Å²) in [5.74, 6) is 0.905. The molecule has 0 saturated carbocycles. The lowest BCUT2D eigenvalue weighted by Crippen LogP contribution is -2.06. The van der Waals surface area contributed by atoms with Gasteiger partial charge in [-0.1, -0.05) is 43.3 Å². The van der Waals surface area contributed by atoms with Crippen LogP contribution in [0.15, 0.2) is 59.6 Å². The molecule has 2 aromatic rings. The highest BCUT2D eigenvalue weighted by Crippen LogP contribution is 2.19. The fourth-order valence-corrected chi connectivity index (χ4v) is 1.86. The van der Waals surface area contributed by atoms with Crippen LogP contribution in [-0.2, 0) is 6.42 Å². The molecule has 0 bridgehead atoms. The largest absolute Gasteiger partial charge is 0.344 e. The first kappa shape index (κ1) is 12.4. The van der Waals surface area contributed by atoms with Crippen molar-refractivity contribution in [2.45, 2.75) is 20.3 Å². The molecule has 0 radical (unpaired) electrons. The lowest BCUT2D eigenvalue weighted by molar-refractivity contribution is 1.13. The second-order valence-electron chi connectivity index (χ2n) is 4.17. The van der Waals surface area contributed by atoms with Gasteiger partial charge in [0.05, 0.1) is 5.69 Å². The zero-order valence-electron chi connectivity index (χ0n) is 10.9. The molecule has 0 amide bonds. The second-order valence-corrected chi connectivity index (χ2v) is 4.17. The second kappa shape index (κ2) is 6.01. The van der Waals surface area contributed by atoms with E-state index in [4.69, 9.17) is 0 Å². The van der Waals surface area contributed by atoms with E-state index in [1.54, 1.807) is 0 Å². The highest BCUT2D eigenvalue weighted by Gasteiger charge is 1.99. The molecule has 0 heterocycles. The van der Waals surface area contributed by atoms with E-state index in [1.165, 1.54) is 5.56 Å². The number of nitrogens with one attached hydrogen (secondary N) is 1. The Kier molecular flexibility index (Phi) is 4.13. The van der Waals surface area contributed by atoms with Crippen LogP contribution in [0.1, 0.15) is 19.4 Å². The number of benzene rings is 2. The highest BCUT2D eigenvalue weighted by atomic mass is 15.0. The van der Waals surface area contributed by atoms with Gasteiger partial charge in [-0.25, -0.2) is 4.99 Å². The molecule has 0 aliphatic heterocycles. The van der Waals surface area contributed by atoms with Crippen molar-refractivity contribution in [2.24, 2.45) is 4.99 Å². The molecule has 1 N–H and O–H groups in total. The van der Waals surface area contributed by atoms with Crippen molar-refractivity contribution in [3.8, 4) is 0 Å². The van der Waals surface area contributed by atoms with E-state index < -0.39 is 0 Å². The molecular formula is C16H18N2. The molecule has 0 atom stereocenters. The van der Waals surface area contributed by atoms with Gasteiger partial charge < -0.3 is 5.32 Å². The van der Waals surface area contributed by atoms with Crippen molar-refractivity contribution in [1.29, 1.82) is 0 Å². The quantitative estimate of drug-likeness (QED) is 0.621. The smallest absolute Gasteiger partial charge is 0.103 e. The maximum Gasteiger partial charge on any atom is 0.103 e. The Morgan fingerprint density at radius 1 is 1.00 bits per heavy atom. The summed E-state index contributed by atoms with van der Waals surface area (Å²) >= 11 is 0. The van der Waals surface area contributed by atoms with E-state index in [2.05, 4.69) is 35.4 Å². The van der Waals surface area contributed by atoms with E-state index in [0.717, 1.165) is 23.6 Å². The van der Waals surface area contributed by atoms with Gasteiger partial charge in [0.1, 0.15) is 5.84 Å². The summed E-state index contributed by atoms with van der Waals surface area (Å²) in [6.45, 7) is 4.13. The molecule has 0 fully saturated rings. The van der Waals surface area contributed by atoms with Gasteiger partial charge >= 0.3 is 0 Å². The van der Waals surface area contributed by atoms with E-state index in [-0.39, 0.29) is 0 Å². The van der Waals surface area contributed by atoms with Gasteiger partial charge in [0.15, 0.2) is 0 Å². The molecule has 0 aliphatic carbocycles. The minimum absolute atomic E-state index is 0.905. The Bertz CT molecular complexity index is 530. The minimum Gasteiger partial charge on any atom is -0.344 e. The van der Waals surface area contributed by atoms with Gasteiger partial charge in [0, 0.05) is 5.69 Å². The third kappa shape index (κ3) is 3.20. The summed E-state index contributed by atoms with van der Waals surface area (Å²) in [4.78, 5) is 4.63. The van der Waals surface area contributed by atoms with Crippen LogP contribution in [0.5, 0.6) is 0 Å². The van der Waals surface area contributed by atoms with Crippen LogP contribution < -0.4 is 5.32 Å². The average Bonchev–Trinajstić information content (AvgIpc) is 2.40. The van der Waals surface area contributed by atoms with Crippen LogP contribution in [0.4, 0.5) is 11.4 Å². The van der Waals surface area contributed by atoms with Crippen molar-refractivity contribution in [3.63, 3.8) is 0 Å². The highest BCUT2D eigenvalue weighted by molar-refractivity contribution is 5.95. The van der Waals surface area contributed by atoms with E-state index in [1.807, 2.05) is 43.3 Å². The molecule has 0 aliphatic rings. The molecule has 92 valence electrons. The Balaban J connectivity index is 2.18. The van der Waals surface area contributed by atoms with Crippen molar-refractivity contribution >= 4 is 17.2 Å². The zero-order chi connectivity index (χ0) is 12.8. The van der Waals surface area contributed by atoms with E-state index in [9.17, 15) is 0 Å². The molecule has 18 heavy (non-hydrogen) atoms. The van der Waals surface area contributed by atoms with Crippen LogP contribution in [0.25, 0.3) is 0 Å². The lowest BCUT2D eigenvalue weighted by atomic mass is 10.1. The fraction of sp³-hybridized carbons (Fsp3) is 0.188. The first-order valence-electron chi connectivity index (χ1n) is 6.25. The van der Waals surface area contributed by atoms with E-state index >= 15 is 0 Å². The number of nitrogens with zero attached hydrogens (tertiary/aromatic N) is 1. The van der Waals surface area contributed by atoms with Crippen molar-refractivity contribution < 1.29 is 0 Å². The Morgan fingerprint density at radius 3 is 2.39 bits per heavy atom. The van der Waals surface area contributed by atoms with Crippen LogP contribution in [-0.4, -0.2) is 5.84 Å². The topological polar surface area (TPSA) is 24.4 Å². The van der Waals surface area contributed by atoms with Crippen LogP contribution in [0.2, 0.25) is 0 Å². The van der Waals surface area contributed by atoms with Crippen molar-refractivity contribution in [1.82, 2.24) is 0 Å². The molecule has 0 spiro atoms. The molecule has 0 saturated heterocycles. The third-order valence-corrected chi connectivity index (χ3v) is 2.76. The summed E-state index contributed by atoms with van der Waals surface area (Å²) in [5, 5.41) is 3.29. The normalized spacial score (nSPS) is 11.3. The van der Waals surface area contributed by atoms with Crippen LogP contribution >= 0.6 is 0 Å². The first-order chi connectivity index (χ1) is 8.79. The van der Waals surface area contributed by atoms with Crippen LogP contribution in [0.3, 0.4) is 0 Å². The van der Waals surface area contributed by atoms with Crippen molar-refractivity contribution in [2.75, 3.05) is 5.32 Å². The Morgan fingerprint density at radius 2 is 1.67 bits per heavy atom. The van der Waals surface area contributed by atoms with Gasteiger partial charge in [0.2, 0.25) is 0 Å². The summed E-state index contributed by atoms with van der Waals surface area (Å²) in [7, 11) is 0. The number of hydrogen-bond donors (Lipinski definition) is 1. The average molecular weight is 238 g/mol. The van der Waals surface area contributed by atoms with Crippen LogP contribution in [0, 0.1) is 0 Å². The molecule has 2 rings (SSSR count). The predicted molar refractivity (Wildman–Crippen MR) is 78.7 cm³/mol. The van der Waals surface area contributed by atoms with Gasteiger partial charge in [-0.2, -0.15) is 0 Å². The fourth-order valence-electron chi connectivity index (χ4n) is 1.86. The van der Waals surface area contributed by atoms with Crippen molar-refractivity contribution in [3.05, 3.63) is 60.2 Å². The molecule has 2 heteroatoms. The SMILES string of the molecule is CCc1ccccc1N=C(C)Nc1ccccc1. The molecule has 0 aromatic heterocycles. The summed E-state index contributed by atoms with van der Waals surface area (Å²) < 4.78 is 0. The summed E-state index contributed by atoms with van der Waals surface area (Å²) in [6.07, 6.45) is 0.998. The van der Waals surface area contributed by atoms with Gasteiger partial charge in [-0.3, -0.25) is 0 Å². The number of aryl methyl sites for hydroxylation is 1. The maximum absolute atomic E-state index is 4.63. The Hall–Kier alpha value is -2.09. The minimum atomic E-state index is 0.905. The first-order valence-corrected chi connectivity index (χ1v) is 6.25. The number of rotatable bonds is 3. The molecule has 2 nitrogen and oxygen atoms in total. The maximum atomic E-state index is 4.63. The molecular weight excluding hydrogens is 220 g/mol. The lowest BCUT2D eigenvalue weighted by Gasteiger charge is -2.07. The monoisotopic (exact) mass is 238 g/mol. The number of anilines is 1. The molecule has 0 unspecified atom stereocenters. The van der Waals surface area contributed by atoms with Gasteiger partial charge in [0.25, 0.3) is 0 Å². The van der Waals surface area contributed by atoms with Gasteiger partial charge in [-0.15, -0.1) is 0 Å². The predicted octanol–water partition coefficient (Wildman–Crippen LogP) is 4.41. The van der Waals surface area contributed by atoms with E-state index in [0.29, 0.717) is 0 Å². The number of hydrogen-bond acceptors (Lipinski definition) is 1. The standard InChI is InChI=1S/C16H18N2/c1-3-14-9-7-8-12-16(14)18-13(2)17-15-10-5-4-6-11-15/h4-12H,3H2,1-2H3,(H,17,18). The Labute approximate surface area is 108 Å². The number of para-hydroxylation sites is 2. The number of amidine groups is 1. The summed E-state index contributed by atoms with van der Waals surface area (Å²) in [6, 6.07) is 18.3. The molecule has 2 aromatic carbocycles. The third-order valence-electron chi connectivity index (χ3n) is 2.76.